The Kier molecular flexibility index (Phi) is 4.75. The zero-order chi connectivity index (χ0) is 14.7. The van der Waals surface area contributed by atoms with E-state index in [2.05, 4.69) is 10.3 Å². The van der Waals surface area contributed by atoms with Gasteiger partial charge in [0.2, 0.25) is 0 Å². The predicted octanol–water partition coefficient (Wildman–Crippen LogP) is 2.39. The molecule has 4 nitrogen and oxygen atoms in total. The quantitative estimate of drug-likeness (QED) is 0.872. The smallest absolute Gasteiger partial charge is 0.168 e. The second-order valence-electron chi connectivity index (χ2n) is 5.26. The van der Waals surface area contributed by atoms with Gasteiger partial charge in [0, 0.05) is 19.2 Å². The number of hydrogen-bond acceptors (Lipinski definition) is 4. The molecule has 0 saturated carbocycles. The lowest BCUT2D eigenvalue weighted by atomic mass is 10.0. The molecule has 1 aromatic heterocycles. The Labute approximate surface area is 117 Å². The number of rotatable bonds is 5. The van der Waals surface area contributed by atoms with Crippen LogP contribution in [0.15, 0.2) is 6.07 Å². The normalized spacial score (nSPS) is 22.4. The highest BCUT2D eigenvalue weighted by Crippen LogP contribution is 2.31. The number of aliphatic hydroxyl groups is 1. The molecule has 1 aromatic rings. The minimum absolute atomic E-state index is 0.0581. The van der Waals surface area contributed by atoms with E-state index in [0.717, 1.165) is 18.9 Å². The van der Waals surface area contributed by atoms with Crippen LogP contribution in [0.2, 0.25) is 0 Å². The number of halogens is 2. The van der Waals surface area contributed by atoms with Crippen LogP contribution < -0.4 is 10.2 Å². The minimum atomic E-state index is -0.688. The van der Waals surface area contributed by atoms with Gasteiger partial charge in [-0.1, -0.05) is 13.8 Å². The van der Waals surface area contributed by atoms with Gasteiger partial charge < -0.3 is 15.3 Å². The Balaban J connectivity index is 2.31. The molecule has 1 fully saturated rings. The number of pyridine rings is 1. The standard InChI is InChI=1S/C14H21F2N3O/c1-3-5-17-13-10(15)7-11(16)14(18-13)19-6-4-9(2)12(19)8-20/h7,9,12,20H,3-6,8H2,1-2H3,(H,17,18). The summed E-state index contributed by atoms with van der Waals surface area (Å²) in [6.45, 7) is 5.11. The van der Waals surface area contributed by atoms with Crippen LogP contribution in [0, 0.1) is 17.6 Å². The van der Waals surface area contributed by atoms with Crippen LogP contribution in [0.1, 0.15) is 26.7 Å². The van der Waals surface area contributed by atoms with E-state index in [-0.39, 0.29) is 30.2 Å². The monoisotopic (exact) mass is 285 g/mol. The van der Waals surface area contributed by atoms with Gasteiger partial charge in [-0.15, -0.1) is 0 Å². The van der Waals surface area contributed by atoms with Crippen molar-refractivity contribution in [3.8, 4) is 0 Å². The van der Waals surface area contributed by atoms with Crippen LogP contribution in [0.4, 0.5) is 20.4 Å². The summed E-state index contributed by atoms with van der Waals surface area (Å²) in [5.74, 6) is -0.921. The SMILES string of the molecule is CCCNc1nc(N2CCC(C)C2CO)c(F)cc1F. The molecule has 2 unspecified atom stereocenters. The van der Waals surface area contributed by atoms with Crippen molar-refractivity contribution in [1.29, 1.82) is 0 Å². The van der Waals surface area contributed by atoms with Crippen molar-refractivity contribution < 1.29 is 13.9 Å². The summed E-state index contributed by atoms with van der Waals surface area (Å²) in [6, 6.07) is 0.694. The average Bonchev–Trinajstić information content (AvgIpc) is 2.78. The molecule has 0 spiro atoms. The van der Waals surface area contributed by atoms with Crippen LogP contribution in [0.5, 0.6) is 0 Å². The zero-order valence-electron chi connectivity index (χ0n) is 11.9. The van der Waals surface area contributed by atoms with Gasteiger partial charge in [0.1, 0.15) is 0 Å². The third-order valence-electron chi connectivity index (χ3n) is 3.80. The first-order chi connectivity index (χ1) is 9.58. The summed E-state index contributed by atoms with van der Waals surface area (Å²) < 4.78 is 27.7. The van der Waals surface area contributed by atoms with E-state index in [4.69, 9.17) is 0 Å². The van der Waals surface area contributed by atoms with Gasteiger partial charge in [0.25, 0.3) is 0 Å². The molecule has 2 heterocycles. The van der Waals surface area contributed by atoms with Crippen molar-refractivity contribution in [2.45, 2.75) is 32.7 Å². The average molecular weight is 285 g/mol. The molecule has 0 aliphatic carbocycles. The van der Waals surface area contributed by atoms with E-state index in [9.17, 15) is 13.9 Å². The third-order valence-corrected chi connectivity index (χ3v) is 3.80. The summed E-state index contributed by atoms with van der Waals surface area (Å²) in [5, 5.41) is 12.3. The molecule has 0 radical (unpaired) electrons. The van der Waals surface area contributed by atoms with Crippen molar-refractivity contribution >= 4 is 11.6 Å². The van der Waals surface area contributed by atoms with E-state index in [0.29, 0.717) is 13.1 Å². The summed E-state index contributed by atoms with van der Waals surface area (Å²) in [5.41, 5.74) is 0. The summed E-state index contributed by atoms with van der Waals surface area (Å²) in [7, 11) is 0. The van der Waals surface area contributed by atoms with Gasteiger partial charge in [-0.3, -0.25) is 0 Å². The fourth-order valence-electron chi connectivity index (χ4n) is 2.58. The Hall–Kier alpha value is -1.43. The van der Waals surface area contributed by atoms with Gasteiger partial charge in [0.05, 0.1) is 12.6 Å². The highest BCUT2D eigenvalue weighted by atomic mass is 19.1. The van der Waals surface area contributed by atoms with Gasteiger partial charge >= 0.3 is 0 Å². The summed E-state index contributed by atoms with van der Waals surface area (Å²) in [4.78, 5) is 5.81. The summed E-state index contributed by atoms with van der Waals surface area (Å²) >= 11 is 0. The topological polar surface area (TPSA) is 48.4 Å². The molecule has 20 heavy (non-hydrogen) atoms. The van der Waals surface area contributed by atoms with Crippen molar-refractivity contribution in [3.05, 3.63) is 17.7 Å². The van der Waals surface area contributed by atoms with Gasteiger partial charge in [-0.05, 0) is 18.8 Å². The number of anilines is 2. The number of hydrogen-bond donors (Lipinski definition) is 2. The van der Waals surface area contributed by atoms with Gasteiger partial charge in [-0.25, -0.2) is 13.8 Å². The molecular formula is C14H21F2N3O. The Morgan fingerprint density at radius 3 is 2.85 bits per heavy atom. The van der Waals surface area contributed by atoms with Gasteiger partial charge in [-0.2, -0.15) is 0 Å². The molecule has 1 aliphatic heterocycles. The van der Waals surface area contributed by atoms with Crippen LogP contribution in [-0.2, 0) is 0 Å². The first kappa shape index (κ1) is 15.0. The van der Waals surface area contributed by atoms with Crippen LogP contribution in [0.25, 0.3) is 0 Å². The van der Waals surface area contributed by atoms with E-state index >= 15 is 0 Å². The maximum Gasteiger partial charge on any atom is 0.168 e. The fraction of sp³-hybridized carbons (Fsp3) is 0.643. The maximum atomic E-state index is 14.0. The minimum Gasteiger partial charge on any atom is -0.394 e. The Morgan fingerprint density at radius 2 is 2.20 bits per heavy atom. The number of nitrogens with one attached hydrogen (secondary N) is 1. The van der Waals surface area contributed by atoms with Crippen LogP contribution in [0.3, 0.4) is 0 Å². The molecule has 0 amide bonds. The third kappa shape index (κ3) is 2.85. The number of aromatic nitrogens is 1. The van der Waals surface area contributed by atoms with Crippen molar-refractivity contribution in [1.82, 2.24) is 4.98 Å². The highest BCUT2D eigenvalue weighted by molar-refractivity contribution is 5.50. The van der Waals surface area contributed by atoms with Gasteiger partial charge in [0.15, 0.2) is 23.3 Å². The molecule has 6 heteroatoms. The van der Waals surface area contributed by atoms with Crippen molar-refractivity contribution in [2.75, 3.05) is 29.9 Å². The second kappa shape index (κ2) is 6.35. The number of aliphatic hydroxyl groups excluding tert-OH is 1. The molecule has 2 rings (SSSR count). The molecule has 2 N–H and O–H groups in total. The molecule has 0 bridgehead atoms. The maximum absolute atomic E-state index is 14.0. The van der Waals surface area contributed by atoms with Crippen LogP contribution >= 0.6 is 0 Å². The first-order valence-electron chi connectivity index (χ1n) is 7.05. The molecule has 112 valence electrons. The molecular weight excluding hydrogens is 264 g/mol. The van der Waals surface area contributed by atoms with E-state index in [1.165, 1.54) is 0 Å². The van der Waals surface area contributed by atoms with Crippen molar-refractivity contribution in [3.63, 3.8) is 0 Å². The lowest BCUT2D eigenvalue weighted by Crippen LogP contribution is -2.36. The van der Waals surface area contributed by atoms with E-state index in [1.807, 2.05) is 13.8 Å². The van der Waals surface area contributed by atoms with Crippen molar-refractivity contribution in [2.24, 2.45) is 5.92 Å². The first-order valence-corrected chi connectivity index (χ1v) is 7.05. The van der Waals surface area contributed by atoms with Crippen LogP contribution in [-0.4, -0.2) is 35.8 Å². The Morgan fingerprint density at radius 1 is 1.45 bits per heavy atom. The Bertz CT molecular complexity index is 470. The van der Waals surface area contributed by atoms with E-state index in [1.54, 1.807) is 4.90 Å². The summed E-state index contributed by atoms with van der Waals surface area (Å²) in [6.07, 6.45) is 1.69. The zero-order valence-corrected chi connectivity index (χ0v) is 11.9. The number of nitrogens with zero attached hydrogens (tertiary/aromatic N) is 2. The lowest BCUT2D eigenvalue weighted by molar-refractivity contribution is 0.244. The van der Waals surface area contributed by atoms with E-state index < -0.39 is 11.6 Å². The molecule has 1 saturated heterocycles. The lowest BCUT2D eigenvalue weighted by Gasteiger charge is -2.27. The fourth-order valence-corrected chi connectivity index (χ4v) is 2.58. The molecule has 1 aliphatic rings. The second-order valence-corrected chi connectivity index (χ2v) is 5.26. The molecule has 2 atom stereocenters. The predicted molar refractivity (Wildman–Crippen MR) is 74.9 cm³/mol. The highest BCUT2D eigenvalue weighted by Gasteiger charge is 2.33. The largest absolute Gasteiger partial charge is 0.394 e. The molecule has 0 aromatic carbocycles.